The summed E-state index contributed by atoms with van der Waals surface area (Å²) in [5.41, 5.74) is 3.71. The second kappa shape index (κ2) is 6.53. The molecule has 2 aromatic rings. The van der Waals surface area contributed by atoms with Crippen LogP contribution in [0.5, 0.6) is 0 Å². The number of nitrogens with zero attached hydrogens (tertiary/aromatic N) is 1. The zero-order valence-corrected chi connectivity index (χ0v) is 12.0. The van der Waals surface area contributed by atoms with Gasteiger partial charge in [-0.15, -0.1) is 0 Å². The van der Waals surface area contributed by atoms with Gasteiger partial charge in [-0.25, -0.2) is 4.98 Å². The molecule has 102 valence electrons. The first-order valence-electron chi connectivity index (χ1n) is 7.03. The van der Waals surface area contributed by atoms with Crippen molar-refractivity contribution in [2.24, 2.45) is 0 Å². The fourth-order valence-corrected chi connectivity index (χ4v) is 2.11. The fraction of sp³-hybridized carbons (Fsp3) is 0.438. The number of aromatic amines is 1. The first-order chi connectivity index (χ1) is 9.24. The summed E-state index contributed by atoms with van der Waals surface area (Å²) in [5.74, 6) is 1.66. The second-order valence-corrected chi connectivity index (χ2v) is 5.03. The van der Waals surface area contributed by atoms with Crippen molar-refractivity contribution in [1.82, 2.24) is 15.3 Å². The molecule has 0 aliphatic rings. The summed E-state index contributed by atoms with van der Waals surface area (Å²) in [6.45, 7) is 5.43. The minimum absolute atomic E-state index is 0.627. The minimum atomic E-state index is 0.627. The van der Waals surface area contributed by atoms with Gasteiger partial charge in [-0.1, -0.05) is 38.1 Å². The molecule has 1 aromatic heterocycles. The highest BCUT2D eigenvalue weighted by atomic mass is 14.9. The van der Waals surface area contributed by atoms with E-state index in [-0.39, 0.29) is 0 Å². The molecule has 0 saturated carbocycles. The third-order valence-electron chi connectivity index (χ3n) is 3.64. The third-order valence-corrected chi connectivity index (χ3v) is 3.64. The number of H-pyrrole nitrogens is 1. The number of hydrogen-bond acceptors (Lipinski definition) is 2. The van der Waals surface area contributed by atoms with Crippen LogP contribution in [0.25, 0.3) is 11.3 Å². The topological polar surface area (TPSA) is 40.7 Å². The van der Waals surface area contributed by atoms with Gasteiger partial charge in [-0.05, 0) is 30.5 Å². The van der Waals surface area contributed by atoms with Gasteiger partial charge in [-0.3, -0.25) is 0 Å². The Labute approximate surface area is 115 Å². The summed E-state index contributed by atoms with van der Waals surface area (Å²) in [4.78, 5) is 7.78. The highest BCUT2D eigenvalue weighted by molar-refractivity contribution is 5.59. The average Bonchev–Trinajstić information content (AvgIpc) is 2.93. The number of likely N-dealkylation sites (N-methyl/N-ethyl adjacent to an activating group) is 1. The molecule has 3 nitrogen and oxygen atoms in total. The zero-order valence-electron chi connectivity index (χ0n) is 12.0. The first-order valence-corrected chi connectivity index (χ1v) is 7.03. The molecular weight excluding hydrogens is 234 g/mol. The Morgan fingerprint density at radius 2 is 2.00 bits per heavy atom. The van der Waals surface area contributed by atoms with E-state index in [0.29, 0.717) is 5.92 Å². The number of nitrogens with one attached hydrogen (secondary N) is 2. The van der Waals surface area contributed by atoms with Crippen molar-refractivity contribution in [3.63, 3.8) is 0 Å². The standard InChI is InChI=1S/C16H23N3/c1-4-12(2)13-5-7-14(8-6-13)15-11-18-16(19-15)9-10-17-3/h5-8,11-12,17H,4,9-10H2,1-3H3,(H,18,19). The maximum absolute atomic E-state index is 4.41. The molecule has 1 atom stereocenters. The predicted octanol–water partition coefficient (Wildman–Crippen LogP) is 3.35. The molecule has 0 aliphatic carbocycles. The number of benzene rings is 1. The van der Waals surface area contributed by atoms with Crippen molar-refractivity contribution in [3.05, 3.63) is 41.9 Å². The summed E-state index contributed by atoms with van der Waals surface area (Å²) in [6, 6.07) is 8.79. The average molecular weight is 257 g/mol. The third kappa shape index (κ3) is 3.44. The summed E-state index contributed by atoms with van der Waals surface area (Å²) >= 11 is 0. The van der Waals surface area contributed by atoms with Crippen LogP contribution in [0.15, 0.2) is 30.5 Å². The Morgan fingerprint density at radius 1 is 1.26 bits per heavy atom. The van der Waals surface area contributed by atoms with E-state index in [1.165, 1.54) is 17.5 Å². The van der Waals surface area contributed by atoms with Crippen LogP contribution in [0.1, 0.15) is 37.6 Å². The van der Waals surface area contributed by atoms with Crippen molar-refractivity contribution in [1.29, 1.82) is 0 Å². The molecule has 2 N–H and O–H groups in total. The molecular formula is C16H23N3. The molecule has 3 heteroatoms. The van der Waals surface area contributed by atoms with Gasteiger partial charge < -0.3 is 10.3 Å². The molecule has 19 heavy (non-hydrogen) atoms. The van der Waals surface area contributed by atoms with E-state index < -0.39 is 0 Å². The Hall–Kier alpha value is -1.61. The van der Waals surface area contributed by atoms with Gasteiger partial charge in [0, 0.05) is 13.0 Å². The van der Waals surface area contributed by atoms with Crippen LogP contribution in [0.4, 0.5) is 0 Å². The van der Waals surface area contributed by atoms with Gasteiger partial charge in [0.1, 0.15) is 5.82 Å². The van der Waals surface area contributed by atoms with Crippen LogP contribution in [0.2, 0.25) is 0 Å². The predicted molar refractivity (Wildman–Crippen MR) is 80.4 cm³/mol. The van der Waals surface area contributed by atoms with E-state index >= 15 is 0 Å². The van der Waals surface area contributed by atoms with Crippen LogP contribution in [0.3, 0.4) is 0 Å². The molecule has 0 amide bonds. The van der Waals surface area contributed by atoms with E-state index in [2.05, 4.69) is 53.4 Å². The summed E-state index contributed by atoms with van der Waals surface area (Å²) in [6.07, 6.45) is 4.03. The molecule has 2 rings (SSSR count). The van der Waals surface area contributed by atoms with Gasteiger partial charge >= 0.3 is 0 Å². The number of imidazole rings is 1. The monoisotopic (exact) mass is 257 g/mol. The molecule has 1 unspecified atom stereocenters. The van der Waals surface area contributed by atoms with E-state index in [9.17, 15) is 0 Å². The Kier molecular flexibility index (Phi) is 4.74. The van der Waals surface area contributed by atoms with E-state index in [1.807, 2.05) is 13.2 Å². The molecule has 0 saturated heterocycles. The maximum Gasteiger partial charge on any atom is 0.107 e. The smallest absolute Gasteiger partial charge is 0.107 e. The van der Waals surface area contributed by atoms with Crippen molar-refractivity contribution in [2.75, 3.05) is 13.6 Å². The molecule has 0 spiro atoms. The van der Waals surface area contributed by atoms with Gasteiger partial charge in [0.25, 0.3) is 0 Å². The highest BCUT2D eigenvalue weighted by Crippen LogP contribution is 2.23. The van der Waals surface area contributed by atoms with Crippen LogP contribution in [-0.2, 0) is 6.42 Å². The SMILES string of the molecule is CCC(C)c1ccc(-c2cnc(CCNC)[nH]2)cc1. The van der Waals surface area contributed by atoms with E-state index in [0.717, 1.165) is 24.5 Å². The van der Waals surface area contributed by atoms with Crippen molar-refractivity contribution in [3.8, 4) is 11.3 Å². The molecule has 1 heterocycles. The summed E-state index contributed by atoms with van der Waals surface area (Å²) < 4.78 is 0. The zero-order chi connectivity index (χ0) is 13.7. The highest BCUT2D eigenvalue weighted by Gasteiger charge is 2.05. The number of hydrogen-bond donors (Lipinski definition) is 2. The lowest BCUT2D eigenvalue weighted by atomic mass is 9.97. The maximum atomic E-state index is 4.41. The summed E-state index contributed by atoms with van der Waals surface area (Å²) in [5, 5.41) is 3.13. The lowest BCUT2D eigenvalue weighted by Gasteiger charge is -2.09. The van der Waals surface area contributed by atoms with Crippen molar-refractivity contribution in [2.45, 2.75) is 32.6 Å². The Morgan fingerprint density at radius 3 is 2.63 bits per heavy atom. The molecule has 0 fully saturated rings. The van der Waals surface area contributed by atoms with Crippen LogP contribution < -0.4 is 5.32 Å². The normalized spacial score (nSPS) is 12.6. The fourth-order valence-electron chi connectivity index (χ4n) is 2.11. The van der Waals surface area contributed by atoms with Crippen LogP contribution >= 0.6 is 0 Å². The van der Waals surface area contributed by atoms with Gasteiger partial charge in [0.05, 0.1) is 11.9 Å². The van der Waals surface area contributed by atoms with Gasteiger partial charge in [0.15, 0.2) is 0 Å². The first kappa shape index (κ1) is 13.8. The largest absolute Gasteiger partial charge is 0.342 e. The lowest BCUT2D eigenvalue weighted by Crippen LogP contribution is -2.10. The summed E-state index contributed by atoms with van der Waals surface area (Å²) in [7, 11) is 1.96. The molecule has 0 radical (unpaired) electrons. The molecule has 1 aromatic carbocycles. The van der Waals surface area contributed by atoms with Crippen molar-refractivity contribution >= 4 is 0 Å². The van der Waals surface area contributed by atoms with Gasteiger partial charge in [-0.2, -0.15) is 0 Å². The van der Waals surface area contributed by atoms with Gasteiger partial charge in [0.2, 0.25) is 0 Å². The Bertz CT molecular complexity index is 499. The molecule has 0 bridgehead atoms. The Balaban J connectivity index is 2.11. The van der Waals surface area contributed by atoms with E-state index in [1.54, 1.807) is 0 Å². The number of rotatable bonds is 6. The quantitative estimate of drug-likeness (QED) is 0.833. The van der Waals surface area contributed by atoms with E-state index in [4.69, 9.17) is 0 Å². The van der Waals surface area contributed by atoms with Crippen LogP contribution in [-0.4, -0.2) is 23.6 Å². The van der Waals surface area contributed by atoms with Crippen molar-refractivity contribution < 1.29 is 0 Å². The van der Waals surface area contributed by atoms with Crippen LogP contribution in [0, 0.1) is 0 Å². The number of aromatic nitrogens is 2. The minimum Gasteiger partial charge on any atom is -0.342 e. The molecule has 0 aliphatic heterocycles. The lowest BCUT2D eigenvalue weighted by molar-refractivity contribution is 0.734. The second-order valence-electron chi connectivity index (χ2n) is 5.03.